The SMILES string of the molecule is CCN(CC)c1ccc(Nc2cc(Nc3cc(C)on3)nc(C)n2)cc1. The van der Waals surface area contributed by atoms with Crippen LogP contribution in [0, 0.1) is 13.8 Å². The van der Waals surface area contributed by atoms with Gasteiger partial charge >= 0.3 is 0 Å². The lowest BCUT2D eigenvalue weighted by Crippen LogP contribution is -2.21. The fourth-order valence-electron chi connectivity index (χ4n) is 2.74. The molecule has 2 N–H and O–H groups in total. The molecule has 0 aliphatic carbocycles. The van der Waals surface area contributed by atoms with Gasteiger partial charge in [0.2, 0.25) is 0 Å². The van der Waals surface area contributed by atoms with Crippen molar-refractivity contribution in [2.45, 2.75) is 27.7 Å². The van der Waals surface area contributed by atoms with E-state index in [1.807, 2.05) is 26.0 Å². The van der Waals surface area contributed by atoms with E-state index in [1.54, 1.807) is 0 Å². The average molecular weight is 352 g/mol. The first-order chi connectivity index (χ1) is 12.6. The lowest BCUT2D eigenvalue weighted by atomic mass is 10.2. The molecule has 3 rings (SSSR count). The Morgan fingerprint density at radius 2 is 1.54 bits per heavy atom. The number of nitrogens with one attached hydrogen (secondary N) is 2. The van der Waals surface area contributed by atoms with Gasteiger partial charge in [-0.2, -0.15) is 0 Å². The second kappa shape index (κ2) is 7.86. The quantitative estimate of drug-likeness (QED) is 0.652. The molecule has 0 fully saturated rings. The number of anilines is 5. The number of rotatable bonds is 7. The highest BCUT2D eigenvalue weighted by molar-refractivity contribution is 5.64. The maximum atomic E-state index is 5.07. The molecule has 7 heteroatoms. The van der Waals surface area contributed by atoms with E-state index in [0.717, 1.165) is 30.4 Å². The fraction of sp³-hybridized carbons (Fsp3) is 0.316. The molecule has 0 bridgehead atoms. The largest absolute Gasteiger partial charge is 0.372 e. The van der Waals surface area contributed by atoms with Crippen molar-refractivity contribution < 1.29 is 4.52 Å². The van der Waals surface area contributed by atoms with Gasteiger partial charge in [-0.3, -0.25) is 0 Å². The van der Waals surface area contributed by atoms with Crippen LogP contribution in [0.4, 0.5) is 28.8 Å². The molecule has 0 radical (unpaired) electrons. The molecule has 0 aliphatic heterocycles. The number of hydrogen-bond acceptors (Lipinski definition) is 7. The Bertz CT molecular complexity index is 855. The van der Waals surface area contributed by atoms with Crippen molar-refractivity contribution in [3.8, 4) is 0 Å². The van der Waals surface area contributed by atoms with Gasteiger partial charge in [-0.05, 0) is 52.0 Å². The van der Waals surface area contributed by atoms with Crippen LogP contribution >= 0.6 is 0 Å². The fourth-order valence-corrected chi connectivity index (χ4v) is 2.74. The van der Waals surface area contributed by atoms with Crippen molar-refractivity contribution >= 4 is 28.8 Å². The molecule has 0 unspecified atom stereocenters. The third kappa shape index (κ3) is 4.30. The van der Waals surface area contributed by atoms with E-state index in [0.29, 0.717) is 17.5 Å². The molecule has 2 heterocycles. The number of nitrogens with zero attached hydrogens (tertiary/aromatic N) is 4. The standard InChI is InChI=1S/C19H24N6O/c1-5-25(6-2)16-9-7-15(8-10-16)22-17-12-18(21-14(4)20-17)23-19-11-13(3)26-24-19/h7-12H,5-6H2,1-4H3,(H2,20,21,22,23,24). The summed E-state index contributed by atoms with van der Waals surface area (Å²) in [5, 5.41) is 10.4. The maximum Gasteiger partial charge on any atom is 0.175 e. The zero-order valence-electron chi connectivity index (χ0n) is 15.6. The number of aromatic nitrogens is 3. The molecule has 0 spiro atoms. The van der Waals surface area contributed by atoms with Gasteiger partial charge in [0.15, 0.2) is 5.82 Å². The van der Waals surface area contributed by atoms with Crippen LogP contribution in [0.3, 0.4) is 0 Å². The third-order valence-corrected chi connectivity index (χ3v) is 3.99. The molecule has 0 saturated carbocycles. The molecule has 0 saturated heterocycles. The summed E-state index contributed by atoms with van der Waals surface area (Å²) in [4.78, 5) is 11.1. The molecule has 0 aliphatic rings. The highest BCUT2D eigenvalue weighted by Crippen LogP contribution is 2.22. The number of benzene rings is 1. The summed E-state index contributed by atoms with van der Waals surface area (Å²) in [6, 6.07) is 12.0. The first-order valence-corrected chi connectivity index (χ1v) is 8.75. The highest BCUT2D eigenvalue weighted by Gasteiger charge is 2.07. The minimum atomic E-state index is 0.620. The Kier molecular flexibility index (Phi) is 5.36. The van der Waals surface area contributed by atoms with E-state index in [9.17, 15) is 0 Å². The van der Waals surface area contributed by atoms with Gasteiger partial charge in [0, 0.05) is 36.6 Å². The van der Waals surface area contributed by atoms with Gasteiger partial charge in [0.05, 0.1) is 0 Å². The summed E-state index contributed by atoms with van der Waals surface area (Å²) in [6.07, 6.45) is 0. The van der Waals surface area contributed by atoms with Crippen LogP contribution in [0.2, 0.25) is 0 Å². The van der Waals surface area contributed by atoms with Crippen LogP contribution in [0.1, 0.15) is 25.4 Å². The van der Waals surface area contributed by atoms with E-state index in [2.05, 4.69) is 68.8 Å². The molecule has 26 heavy (non-hydrogen) atoms. The zero-order chi connectivity index (χ0) is 18.5. The minimum Gasteiger partial charge on any atom is -0.372 e. The Labute approximate surface area is 153 Å². The van der Waals surface area contributed by atoms with Crippen molar-refractivity contribution in [3.05, 3.63) is 48.0 Å². The van der Waals surface area contributed by atoms with Crippen LogP contribution in [-0.4, -0.2) is 28.2 Å². The zero-order valence-corrected chi connectivity index (χ0v) is 15.6. The maximum absolute atomic E-state index is 5.07. The van der Waals surface area contributed by atoms with E-state index < -0.39 is 0 Å². The number of hydrogen-bond donors (Lipinski definition) is 2. The molecule has 1 aromatic carbocycles. The van der Waals surface area contributed by atoms with Crippen molar-refractivity contribution in [3.63, 3.8) is 0 Å². The van der Waals surface area contributed by atoms with Crippen LogP contribution in [0.15, 0.2) is 40.9 Å². The molecule has 0 amide bonds. The van der Waals surface area contributed by atoms with Gasteiger partial charge in [0.1, 0.15) is 23.2 Å². The van der Waals surface area contributed by atoms with Crippen LogP contribution < -0.4 is 15.5 Å². The lowest BCUT2D eigenvalue weighted by molar-refractivity contribution is 0.400. The Morgan fingerprint density at radius 3 is 2.12 bits per heavy atom. The minimum absolute atomic E-state index is 0.620. The Balaban J connectivity index is 1.75. The third-order valence-electron chi connectivity index (χ3n) is 3.99. The normalized spacial score (nSPS) is 10.6. The highest BCUT2D eigenvalue weighted by atomic mass is 16.5. The molecular formula is C19H24N6O. The molecule has 7 nitrogen and oxygen atoms in total. The predicted octanol–water partition coefficient (Wildman–Crippen LogP) is 4.41. The van der Waals surface area contributed by atoms with Gasteiger partial charge in [0.25, 0.3) is 0 Å². The van der Waals surface area contributed by atoms with E-state index in [1.165, 1.54) is 5.69 Å². The van der Waals surface area contributed by atoms with Crippen LogP contribution in [0.5, 0.6) is 0 Å². The monoisotopic (exact) mass is 352 g/mol. The Morgan fingerprint density at radius 1 is 0.885 bits per heavy atom. The van der Waals surface area contributed by atoms with Crippen molar-refractivity contribution in [1.82, 2.24) is 15.1 Å². The smallest absolute Gasteiger partial charge is 0.175 e. The lowest BCUT2D eigenvalue weighted by Gasteiger charge is -2.21. The summed E-state index contributed by atoms with van der Waals surface area (Å²) >= 11 is 0. The first-order valence-electron chi connectivity index (χ1n) is 8.75. The van der Waals surface area contributed by atoms with Crippen LogP contribution in [-0.2, 0) is 0 Å². The summed E-state index contributed by atoms with van der Waals surface area (Å²) < 4.78 is 5.07. The second-order valence-corrected chi connectivity index (χ2v) is 5.98. The van der Waals surface area contributed by atoms with E-state index >= 15 is 0 Å². The van der Waals surface area contributed by atoms with Gasteiger partial charge in [-0.25, -0.2) is 9.97 Å². The summed E-state index contributed by atoms with van der Waals surface area (Å²) in [5.74, 6) is 3.40. The molecule has 3 aromatic rings. The predicted molar refractivity (Wildman–Crippen MR) is 105 cm³/mol. The summed E-state index contributed by atoms with van der Waals surface area (Å²) in [7, 11) is 0. The molecule has 0 atom stereocenters. The summed E-state index contributed by atoms with van der Waals surface area (Å²) in [6.45, 7) is 10.00. The number of aryl methyl sites for hydroxylation is 2. The van der Waals surface area contributed by atoms with E-state index in [4.69, 9.17) is 4.52 Å². The van der Waals surface area contributed by atoms with Crippen molar-refractivity contribution in [2.75, 3.05) is 28.6 Å². The second-order valence-electron chi connectivity index (χ2n) is 5.98. The van der Waals surface area contributed by atoms with Gasteiger partial charge < -0.3 is 20.1 Å². The van der Waals surface area contributed by atoms with E-state index in [-0.39, 0.29) is 0 Å². The topological polar surface area (TPSA) is 79.1 Å². The van der Waals surface area contributed by atoms with Crippen LogP contribution in [0.25, 0.3) is 0 Å². The van der Waals surface area contributed by atoms with Gasteiger partial charge in [-0.1, -0.05) is 5.16 Å². The van der Waals surface area contributed by atoms with Crippen molar-refractivity contribution in [2.24, 2.45) is 0 Å². The first kappa shape index (κ1) is 17.7. The molecule has 2 aromatic heterocycles. The average Bonchev–Trinajstić information content (AvgIpc) is 3.02. The molecule has 136 valence electrons. The van der Waals surface area contributed by atoms with Crippen molar-refractivity contribution in [1.29, 1.82) is 0 Å². The Hall–Kier alpha value is -3.09. The van der Waals surface area contributed by atoms with Gasteiger partial charge in [-0.15, -0.1) is 0 Å². The summed E-state index contributed by atoms with van der Waals surface area (Å²) in [5.41, 5.74) is 2.19. The molecular weight excluding hydrogens is 328 g/mol.